The molecule has 82 valence electrons. The highest BCUT2D eigenvalue weighted by Crippen LogP contribution is 2.51. The quantitative estimate of drug-likeness (QED) is 0.559. The molecule has 0 amide bonds. The molecule has 1 aromatic rings. The lowest BCUT2D eigenvalue weighted by Crippen LogP contribution is -2.16. The van der Waals surface area contributed by atoms with E-state index in [0.29, 0.717) is 6.61 Å². The Bertz CT molecular complexity index is 471. The van der Waals surface area contributed by atoms with Crippen molar-refractivity contribution in [2.45, 2.75) is 31.4 Å². The molecule has 0 spiro atoms. The molecule has 1 heterocycles. The molecule has 0 N–H and O–H groups in total. The van der Waals surface area contributed by atoms with Gasteiger partial charge in [-0.25, -0.2) is 4.79 Å². The van der Waals surface area contributed by atoms with E-state index in [-0.39, 0.29) is 5.54 Å². The minimum atomic E-state index is -0.246. The second-order valence-electron chi connectivity index (χ2n) is 4.48. The Kier molecular flexibility index (Phi) is 2.16. The Morgan fingerprint density at radius 2 is 2.25 bits per heavy atom. The molecule has 1 saturated carbocycles. The van der Waals surface area contributed by atoms with E-state index in [1.54, 1.807) is 6.08 Å². The van der Waals surface area contributed by atoms with E-state index in [1.807, 2.05) is 6.07 Å². The zero-order valence-corrected chi connectivity index (χ0v) is 9.03. The number of isocyanates is 1. The van der Waals surface area contributed by atoms with E-state index in [9.17, 15) is 4.79 Å². The number of nitrogens with zero attached hydrogens (tertiary/aromatic N) is 1. The van der Waals surface area contributed by atoms with Gasteiger partial charge in [-0.05, 0) is 36.0 Å². The monoisotopic (exact) mass is 215 g/mol. The minimum absolute atomic E-state index is 0.246. The van der Waals surface area contributed by atoms with Crippen LogP contribution in [-0.4, -0.2) is 12.7 Å². The summed E-state index contributed by atoms with van der Waals surface area (Å²) in [5, 5.41) is 0. The number of aliphatic imine (C=N–C) groups is 1. The van der Waals surface area contributed by atoms with E-state index >= 15 is 0 Å². The fourth-order valence-electron chi connectivity index (χ4n) is 2.50. The normalized spacial score (nSPS) is 20.8. The first-order chi connectivity index (χ1) is 7.86. The summed E-state index contributed by atoms with van der Waals surface area (Å²) in [6, 6.07) is 6.22. The van der Waals surface area contributed by atoms with Crippen LogP contribution in [0.1, 0.15) is 29.5 Å². The van der Waals surface area contributed by atoms with Crippen molar-refractivity contribution < 1.29 is 9.53 Å². The number of fused-ring (bicyclic) bond motifs is 1. The number of carbonyl (C=O) groups excluding carboxylic acids is 1. The second kappa shape index (κ2) is 3.55. The van der Waals surface area contributed by atoms with Gasteiger partial charge in [-0.1, -0.05) is 18.2 Å². The standard InChI is InChI=1S/C13H13NO2/c15-9-14-13(5-6-13)12-3-1-2-10-8-16-7-4-11(10)12/h1-3H,4-8H2. The zero-order chi connectivity index (χ0) is 11.0. The fourth-order valence-corrected chi connectivity index (χ4v) is 2.50. The van der Waals surface area contributed by atoms with Crippen LogP contribution in [0.2, 0.25) is 0 Å². The first-order valence-electron chi connectivity index (χ1n) is 5.64. The highest BCUT2D eigenvalue weighted by atomic mass is 16.5. The maximum atomic E-state index is 10.5. The van der Waals surface area contributed by atoms with Gasteiger partial charge in [0.1, 0.15) is 0 Å². The van der Waals surface area contributed by atoms with Crippen molar-refractivity contribution in [2.75, 3.05) is 6.61 Å². The topological polar surface area (TPSA) is 38.7 Å². The molecular weight excluding hydrogens is 202 g/mol. The van der Waals surface area contributed by atoms with E-state index < -0.39 is 0 Å². The smallest absolute Gasteiger partial charge is 0.235 e. The summed E-state index contributed by atoms with van der Waals surface area (Å²) in [5.41, 5.74) is 3.56. The van der Waals surface area contributed by atoms with Gasteiger partial charge in [-0.15, -0.1) is 0 Å². The average Bonchev–Trinajstić information content (AvgIpc) is 3.10. The van der Waals surface area contributed by atoms with Gasteiger partial charge in [0.15, 0.2) is 0 Å². The van der Waals surface area contributed by atoms with Crippen LogP contribution in [0.4, 0.5) is 0 Å². The SMILES string of the molecule is O=C=NC1(c2cccc3c2CCOC3)CC1. The Balaban J connectivity index is 2.11. The molecule has 1 fully saturated rings. The molecule has 1 aliphatic carbocycles. The number of hydrogen-bond donors (Lipinski definition) is 0. The van der Waals surface area contributed by atoms with Crippen LogP contribution >= 0.6 is 0 Å². The maximum absolute atomic E-state index is 10.5. The fraction of sp³-hybridized carbons (Fsp3) is 0.462. The number of rotatable bonds is 2. The van der Waals surface area contributed by atoms with Crippen molar-refractivity contribution in [2.24, 2.45) is 4.99 Å². The molecule has 0 atom stereocenters. The highest BCUT2D eigenvalue weighted by Gasteiger charge is 2.46. The van der Waals surface area contributed by atoms with Crippen molar-refractivity contribution in [1.29, 1.82) is 0 Å². The van der Waals surface area contributed by atoms with Crippen molar-refractivity contribution in [3.8, 4) is 0 Å². The van der Waals surface area contributed by atoms with E-state index in [1.165, 1.54) is 16.7 Å². The summed E-state index contributed by atoms with van der Waals surface area (Å²) in [7, 11) is 0. The van der Waals surface area contributed by atoms with Crippen LogP contribution in [-0.2, 0) is 28.1 Å². The summed E-state index contributed by atoms with van der Waals surface area (Å²) < 4.78 is 5.44. The first-order valence-corrected chi connectivity index (χ1v) is 5.64. The largest absolute Gasteiger partial charge is 0.376 e. The molecule has 1 aliphatic heterocycles. The van der Waals surface area contributed by atoms with Gasteiger partial charge in [0.2, 0.25) is 6.08 Å². The van der Waals surface area contributed by atoms with Gasteiger partial charge in [0, 0.05) is 0 Å². The first kappa shape index (κ1) is 9.76. The molecule has 2 aliphatic rings. The van der Waals surface area contributed by atoms with Gasteiger partial charge in [0.25, 0.3) is 0 Å². The van der Waals surface area contributed by atoms with Gasteiger partial charge < -0.3 is 4.74 Å². The van der Waals surface area contributed by atoms with Crippen LogP contribution in [0.3, 0.4) is 0 Å². The second-order valence-corrected chi connectivity index (χ2v) is 4.48. The molecule has 3 rings (SSSR count). The number of hydrogen-bond acceptors (Lipinski definition) is 3. The molecule has 3 heteroatoms. The Labute approximate surface area is 94.1 Å². The van der Waals surface area contributed by atoms with Gasteiger partial charge in [0.05, 0.1) is 18.8 Å². The number of benzene rings is 1. The molecule has 1 aromatic carbocycles. The van der Waals surface area contributed by atoms with Gasteiger partial charge in [-0.3, -0.25) is 0 Å². The van der Waals surface area contributed by atoms with Gasteiger partial charge >= 0.3 is 0 Å². The summed E-state index contributed by atoms with van der Waals surface area (Å²) in [5.74, 6) is 0. The lowest BCUT2D eigenvalue weighted by Gasteiger charge is -2.22. The average molecular weight is 215 g/mol. The molecule has 0 aromatic heterocycles. The predicted octanol–water partition coefficient (Wildman–Crippen LogP) is 2.08. The molecule has 0 radical (unpaired) electrons. The van der Waals surface area contributed by atoms with Crippen LogP contribution < -0.4 is 0 Å². The van der Waals surface area contributed by atoms with Crippen LogP contribution in [0.15, 0.2) is 23.2 Å². The van der Waals surface area contributed by atoms with E-state index in [4.69, 9.17) is 4.74 Å². The molecule has 3 nitrogen and oxygen atoms in total. The predicted molar refractivity (Wildman–Crippen MR) is 58.8 cm³/mol. The van der Waals surface area contributed by atoms with Crippen molar-refractivity contribution in [1.82, 2.24) is 0 Å². The summed E-state index contributed by atoms with van der Waals surface area (Å²) in [4.78, 5) is 14.5. The van der Waals surface area contributed by atoms with Crippen LogP contribution in [0.5, 0.6) is 0 Å². The lowest BCUT2D eigenvalue weighted by atomic mass is 9.91. The molecule has 0 unspecified atom stereocenters. The zero-order valence-electron chi connectivity index (χ0n) is 9.03. The van der Waals surface area contributed by atoms with Crippen LogP contribution in [0.25, 0.3) is 0 Å². The molecule has 0 saturated heterocycles. The minimum Gasteiger partial charge on any atom is -0.376 e. The highest BCUT2D eigenvalue weighted by molar-refractivity contribution is 5.47. The summed E-state index contributed by atoms with van der Waals surface area (Å²) in [6.07, 6.45) is 4.60. The van der Waals surface area contributed by atoms with Gasteiger partial charge in [-0.2, -0.15) is 4.99 Å². The summed E-state index contributed by atoms with van der Waals surface area (Å²) >= 11 is 0. The number of ether oxygens (including phenoxy) is 1. The lowest BCUT2D eigenvalue weighted by molar-refractivity contribution is 0.110. The van der Waals surface area contributed by atoms with Crippen molar-refractivity contribution >= 4 is 6.08 Å². The Morgan fingerprint density at radius 3 is 3.00 bits per heavy atom. The molecule has 0 bridgehead atoms. The third-order valence-electron chi connectivity index (χ3n) is 3.51. The van der Waals surface area contributed by atoms with Crippen LogP contribution in [0, 0.1) is 0 Å². The molecular formula is C13H13NO2. The van der Waals surface area contributed by atoms with E-state index in [2.05, 4.69) is 17.1 Å². The third kappa shape index (κ3) is 1.41. The van der Waals surface area contributed by atoms with Crippen molar-refractivity contribution in [3.63, 3.8) is 0 Å². The summed E-state index contributed by atoms with van der Waals surface area (Å²) in [6.45, 7) is 1.45. The maximum Gasteiger partial charge on any atom is 0.235 e. The third-order valence-corrected chi connectivity index (χ3v) is 3.51. The van der Waals surface area contributed by atoms with Crippen molar-refractivity contribution in [3.05, 3.63) is 34.9 Å². The molecule has 16 heavy (non-hydrogen) atoms. The Morgan fingerprint density at radius 1 is 1.38 bits per heavy atom. The Hall–Kier alpha value is -1.44. The van der Waals surface area contributed by atoms with E-state index in [0.717, 1.165) is 25.9 Å².